The molecule has 0 atom stereocenters. The summed E-state index contributed by atoms with van der Waals surface area (Å²) >= 11 is 11.8. The molecule has 3 nitrogen and oxygen atoms in total. The molecule has 0 aromatic heterocycles. The van der Waals surface area contributed by atoms with Crippen LogP contribution < -0.4 is 11.1 Å². The van der Waals surface area contributed by atoms with E-state index < -0.39 is 0 Å². The van der Waals surface area contributed by atoms with Crippen LogP contribution in [0.4, 0.5) is 11.4 Å². The molecule has 0 heterocycles. The van der Waals surface area contributed by atoms with Crippen molar-refractivity contribution in [3.63, 3.8) is 0 Å². The van der Waals surface area contributed by atoms with Gasteiger partial charge in [0.15, 0.2) is 0 Å². The van der Waals surface area contributed by atoms with Crippen LogP contribution in [-0.2, 0) is 6.42 Å². The van der Waals surface area contributed by atoms with Crippen LogP contribution in [0.25, 0.3) is 0 Å². The number of amides is 1. The molecule has 0 aliphatic carbocycles. The largest absolute Gasteiger partial charge is 0.398 e. The van der Waals surface area contributed by atoms with Crippen molar-refractivity contribution in [1.82, 2.24) is 0 Å². The lowest BCUT2D eigenvalue weighted by Crippen LogP contribution is -2.15. The van der Waals surface area contributed by atoms with E-state index in [4.69, 9.17) is 28.9 Å². The number of hydrogen-bond donors (Lipinski definition) is 2. The molecule has 0 bridgehead atoms. The van der Waals surface area contributed by atoms with E-state index in [2.05, 4.69) is 5.32 Å². The third kappa shape index (κ3) is 3.06. The van der Waals surface area contributed by atoms with Crippen molar-refractivity contribution in [3.8, 4) is 0 Å². The van der Waals surface area contributed by atoms with Gasteiger partial charge >= 0.3 is 0 Å². The van der Waals surface area contributed by atoms with Crippen LogP contribution in [-0.4, -0.2) is 5.91 Å². The van der Waals surface area contributed by atoms with Crippen LogP contribution in [0.2, 0.25) is 10.0 Å². The van der Waals surface area contributed by atoms with Crippen LogP contribution in [0.3, 0.4) is 0 Å². The first-order chi connectivity index (χ1) is 9.52. The number of hydrogen-bond acceptors (Lipinski definition) is 2. The van der Waals surface area contributed by atoms with Crippen LogP contribution in [0.1, 0.15) is 22.8 Å². The van der Waals surface area contributed by atoms with E-state index in [0.29, 0.717) is 33.4 Å². The van der Waals surface area contributed by atoms with Gasteiger partial charge in [-0.15, -0.1) is 0 Å². The Kier molecular flexibility index (Phi) is 4.53. The van der Waals surface area contributed by atoms with Crippen LogP contribution in [0, 0.1) is 0 Å². The van der Waals surface area contributed by atoms with Crippen molar-refractivity contribution in [2.24, 2.45) is 0 Å². The lowest BCUT2D eigenvalue weighted by molar-refractivity contribution is 0.102. The summed E-state index contributed by atoms with van der Waals surface area (Å²) in [7, 11) is 0. The molecule has 0 unspecified atom stereocenters. The number of nitrogen functional groups attached to an aromatic ring is 1. The zero-order chi connectivity index (χ0) is 14.7. The van der Waals surface area contributed by atoms with Crippen molar-refractivity contribution in [2.75, 3.05) is 11.1 Å². The third-order valence-electron chi connectivity index (χ3n) is 2.99. The molecular formula is C15H14Cl2N2O. The van der Waals surface area contributed by atoms with Gasteiger partial charge in [-0.25, -0.2) is 0 Å². The maximum absolute atomic E-state index is 12.3. The van der Waals surface area contributed by atoms with E-state index in [1.807, 2.05) is 6.92 Å². The summed E-state index contributed by atoms with van der Waals surface area (Å²) in [6.07, 6.45) is 0.691. The quantitative estimate of drug-likeness (QED) is 0.826. The van der Waals surface area contributed by atoms with Gasteiger partial charge in [-0.2, -0.15) is 0 Å². The zero-order valence-corrected chi connectivity index (χ0v) is 12.4. The molecule has 2 aromatic carbocycles. The van der Waals surface area contributed by atoms with Crippen LogP contribution in [0.15, 0.2) is 36.4 Å². The molecule has 1 amide bonds. The van der Waals surface area contributed by atoms with Gasteiger partial charge in [-0.1, -0.05) is 36.2 Å². The Bertz CT molecular complexity index is 656. The highest BCUT2D eigenvalue weighted by atomic mass is 35.5. The second-order valence-corrected chi connectivity index (χ2v) is 5.12. The fourth-order valence-corrected chi connectivity index (χ4v) is 2.28. The second-order valence-electron chi connectivity index (χ2n) is 4.31. The van der Waals surface area contributed by atoms with Gasteiger partial charge in [-0.05, 0) is 42.3 Å². The molecule has 3 N–H and O–H groups in total. The van der Waals surface area contributed by atoms with Gasteiger partial charge in [0.25, 0.3) is 5.91 Å². The highest BCUT2D eigenvalue weighted by molar-refractivity contribution is 6.42. The van der Waals surface area contributed by atoms with Crippen molar-refractivity contribution in [1.29, 1.82) is 0 Å². The highest BCUT2D eigenvalue weighted by Gasteiger charge is 2.13. The first-order valence-electron chi connectivity index (χ1n) is 6.16. The van der Waals surface area contributed by atoms with Crippen molar-refractivity contribution >= 4 is 40.5 Å². The first-order valence-corrected chi connectivity index (χ1v) is 6.92. The Morgan fingerprint density at radius 1 is 1.20 bits per heavy atom. The van der Waals surface area contributed by atoms with Crippen molar-refractivity contribution in [3.05, 3.63) is 57.6 Å². The average molecular weight is 309 g/mol. The topological polar surface area (TPSA) is 55.1 Å². The minimum absolute atomic E-state index is 0.215. The maximum atomic E-state index is 12.3. The minimum atomic E-state index is -0.215. The Balaban J connectivity index is 2.28. The molecule has 20 heavy (non-hydrogen) atoms. The van der Waals surface area contributed by atoms with E-state index in [-0.39, 0.29) is 5.91 Å². The van der Waals surface area contributed by atoms with Crippen molar-refractivity contribution in [2.45, 2.75) is 13.3 Å². The SMILES string of the molecule is CCc1c(N)cccc1C(=O)Nc1ccc(Cl)c(Cl)c1. The predicted molar refractivity (Wildman–Crippen MR) is 84.6 cm³/mol. The molecule has 2 aromatic rings. The molecule has 0 aliphatic heterocycles. The number of anilines is 2. The van der Waals surface area contributed by atoms with E-state index in [0.717, 1.165) is 5.56 Å². The van der Waals surface area contributed by atoms with Crippen molar-refractivity contribution < 1.29 is 4.79 Å². The Hall–Kier alpha value is -1.71. The molecule has 0 saturated heterocycles. The lowest BCUT2D eigenvalue weighted by Gasteiger charge is -2.11. The van der Waals surface area contributed by atoms with E-state index >= 15 is 0 Å². The summed E-state index contributed by atoms with van der Waals surface area (Å²) in [5, 5.41) is 3.63. The normalized spacial score (nSPS) is 10.3. The number of halogens is 2. The van der Waals surface area contributed by atoms with Gasteiger partial charge in [0.2, 0.25) is 0 Å². The molecule has 0 fully saturated rings. The van der Waals surface area contributed by atoms with Gasteiger partial charge in [-0.3, -0.25) is 4.79 Å². The molecule has 0 saturated carbocycles. The second kappa shape index (κ2) is 6.16. The molecular weight excluding hydrogens is 295 g/mol. The predicted octanol–water partition coefficient (Wildman–Crippen LogP) is 4.39. The summed E-state index contributed by atoms with van der Waals surface area (Å²) in [5.74, 6) is -0.215. The van der Waals surface area contributed by atoms with Gasteiger partial charge in [0.1, 0.15) is 0 Å². The van der Waals surface area contributed by atoms with Crippen LogP contribution >= 0.6 is 23.2 Å². The number of carbonyl (C=O) groups excluding carboxylic acids is 1. The number of rotatable bonds is 3. The number of carbonyl (C=O) groups is 1. The average Bonchev–Trinajstić information content (AvgIpc) is 2.42. The summed E-state index contributed by atoms with van der Waals surface area (Å²) in [5.41, 5.74) is 8.51. The summed E-state index contributed by atoms with van der Waals surface area (Å²) < 4.78 is 0. The smallest absolute Gasteiger partial charge is 0.256 e. The van der Waals surface area contributed by atoms with Gasteiger partial charge in [0.05, 0.1) is 10.0 Å². The van der Waals surface area contributed by atoms with E-state index in [1.54, 1.807) is 36.4 Å². The highest BCUT2D eigenvalue weighted by Crippen LogP contribution is 2.26. The molecule has 104 valence electrons. The molecule has 2 rings (SSSR count). The van der Waals surface area contributed by atoms with Gasteiger partial charge < -0.3 is 11.1 Å². The minimum Gasteiger partial charge on any atom is -0.398 e. The third-order valence-corrected chi connectivity index (χ3v) is 3.73. The Labute approximate surface area is 127 Å². The first kappa shape index (κ1) is 14.7. The number of benzene rings is 2. The summed E-state index contributed by atoms with van der Waals surface area (Å²) in [6, 6.07) is 10.2. The number of nitrogens with one attached hydrogen (secondary N) is 1. The van der Waals surface area contributed by atoms with Gasteiger partial charge in [0, 0.05) is 16.9 Å². The number of nitrogens with two attached hydrogens (primary N) is 1. The lowest BCUT2D eigenvalue weighted by atomic mass is 10.0. The van der Waals surface area contributed by atoms with Crippen LogP contribution in [0.5, 0.6) is 0 Å². The zero-order valence-electron chi connectivity index (χ0n) is 10.9. The summed E-state index contributed by atoms with van der Waals surface area (Å²) in [6.45, 7) is 1.96. The Morgan fingerprint density at radius 2 is 1.95 bits per heavy atom. The maximum Gasteiger partial charge on any atom is 0.256 e. The van der Waals surface area contributed by atoms with E-state index in [1.165, 1.54) is 0 Å². The fourth-order valence-electron chi connectivity index (χ4n) is 1.98. The summed E-state index contributed by atoms with van der Waals surface area (Å²) in [4.78, 5) is 12.3. The fraction of sp³-hybridized carbons (Fsp3) is 0.133. The molecule has 0 radical (unpaired) electrons. The molecule has 5 heteroatoms. The standard InChI is InChI=1S/C15H14Cl2N2O/c1-2-10-11(4-3-5-14(10)18)15(20)19-9-6-7-12(16)13(17)8-9/h3-8H,2,18H2,1H3,(H,19,20). The van der Waals surface area contributed by atoms with E-state index in [9.17, 15) is 4.79 Å². The monoisotopic (exact) mass is 308 g/mol. The Morgan fingerprint density at radius 3 is 2.60 bits per heavy atom. The molecule has 0 spiro atoms. The molecule has 0 aliphatic rings.